The first-order chi connectivity index (χ1) is 11.2. The van der Waals surface area contributed by atoms with Crippen LogP contribution in [0.4, 0.5) is 0 Å². The molecule has 1 aliphatic heterocycles. The van der Waals surface area contributed by atoms with Crippen molar-refractivity contribution < 1.29 is 14.2 Å². The fourth-order valence-corrected chi connectivity index (χ4v) is 3.44. The zero-order valence-corrected chi connectivity index (χ0v) is 17.7. The minimum Gasteiger partial charge on any atom is -0.385 e. The molecule has 1 saturated heterocycles. The van der Waals surface area contributed by atoms with Crippen molar-refractivity contribution in [3.8, 4) is 0 Å². The third-order valence-corrected chi connectivity index (χ3v) is 5.52. The van der Waals surface area contributed by atoms with E-state index in [2.05, 4.69) is 15.6 Å². The van der Waals surface area contributed by atoms with E-state index in [1.165, 1.54) is 19.3 Å². The van der Waals surface area contributed by atoms with Gasteiger partial charge in [-0.3, -0.25) is 4.99 Å². The van der Waals surface area contributed by atoms with Gasteiger partial charge in [0.25, 0.3) is 0 Å². The summed E-state index contributed by atoms with van der Waals surface area (Å²) in [7, 11) is 5.39. The summed E-state index contributed by atoms with van der Waals surface area (Å²) in [6, 6.07) is 0. The highest BCUT2D eigenvalue weighted by atomic mass is 127. The maximum atomic E-state index is 5.76. The Bertz CT molecular complexity index is 383. The minimum atomic E-state index is -0.139. The van der Waals surface area contributed by atoms with Gasteiger partial charge in [-0.05, 0) is 24.7 Å². The first-order valence-corrected chi connectivity index (χ1v) is 8.74. The van der Waals surface area contributed by atoms with Gasteiger partial charge in [-0.1, -0.05) is 6.42 Å². The fourth-order valence-electron chi connectivity index (χ4n) is 3.44. The molecule has 6 nitrogen and oxygen atoms in total. The Morgan fingerprint density at radius 1 is 1.08 bits per heavy atom. The lowest BCUT2D eigenvalue weighted by Crippen LogP contribution is -2.52. The van der Waals surface area contributed by atoms with E-state index >= 15 is 0 Å². The Morgan fingerprint density at radius 3 is 2.25 bits per heavy atom. The molecule has 1 saturated carbocycles. The highest BCUT2D eigenvalue weighted by Gasteiger charge is 2.37. The van der Waals surface area contributed by atoms with Crippen LogP contribution in [0.3, 0.4) is 0 Å². The number of halogens is 1. The topological polar surface area (TPSA) is 64.1 Å². The average molecular weight is 455 g/mol. The smallest absolute Gasteiger partial charge is 0.191 e. The standard InChI is InChI=1S/C17H33N3O3.HI/c1-18-15(19-13-16(5-4-6-16)7-10-21-2)20-14-17(22-3)8-11-23-12-9-17;/h4-14H2,1-3H3,(H2,18,19,20);1H. The van der Waals surface area contributed by atoms with Gasteiger partial charge in [0.2, 0.25) is 0 Å². The van der Waals surface area contributed by atoms with Gasteiger partial charge in [-0.15, -0.1) is 24.0 Å². The molecule has 0 aromatic heterocycles. The number of rotatable bonds is 8. The van der Waals surface area contributed by atoms with E-state index in [4.69, 9.17) is 14.2 Å². The van der Waals surface area contributed by atoms with E-state index in [9.17, 15) is 0 Å². The molecule has 24 heavy (non-hydrogen) atoms. The lowest BCUT2D eigenvalue weighted by Gasteiger charge is -2.42. The van der Waals surface area contributed by atoms with Crippen LogP contribution < -0.4 is 10.6 Å². The van der Waals surface area contributed by atoms with Gasteiger partial charge in [0.1, 0.15) is 0 Å². The number of aliphatic imine (C=N–C) groups is 1. The number of guanidine groups is 1. The van der Waals surface area contributed by atoms with Crippen LogP contribution in [0.2, 0.25) is 0 Å². The summed E-state index contributed by atoms with van der Waals surface area (Å²) in [5, 5.41) is 6.93. The summed E-state index contributed by atoms with van der Waals surface area (Å²) in [4.78, 5) is 4.36. The Labute approximate surface area is 163 Å². The van der Waals surface area contributed by atoms with Crippen LogP contribution in [-0.2, 0) is 14.2 Å². The molecule has 0 bridgehead atoms. The van der Waals surface area contributed by atoms with Crippen LogP contribution in [0, 0.1) is 5.41 Å². The number of nitrogens with zero attached hydrogens (tertiary/aromatic N) is 1. The summed E-state index contributed by atoms with van der Waals surface area (Å²) in [6.07, 6.45) is 6.84. The molecule has 142 valence electrons. The third-order valence-electron chi connectivity index (χ3n) is 5.52. The second-order valence-corrected chi connectivity index (χ2v) is 6.88. The van der Waals surface area contributed by atoms with Crippen molar-refractivity contribution >= 4 is 29.9 Å². The lowest BCUT2D eigenvalue weighted by atomic mass is 9.67. The largest absolute Gasteiger partial charge is 0.385 e. The van der Waals surface area contributed by atoms with Gasteiger partial charge in [-0.2, -0.15) is 0 Å². The quantitative estimate of drug-likeness (QED) is 0.334. The molecule has 0 unspecified atom stereocenters. The Hall–Kier alpha value is -0.120. The Kier molecular flexibility index (Phi) is 9.84. The predicted octanol–water partition coefficient (Wildman–Crippen LogP) is 2.17. The third kappa shape index (κ3) is 6.00. The highest BCUT2D eigenvalue weighted by Crippen LogP contribution is 2.43. The van der Waals surface area contributed by atoms with Crippen LogP contribution >= 0.6 is 24.0 Å². The van der Waals surface area contributed by atoms with Crippen LogP contribution in [-0.4, -0.2) is 65.7 Å². The van der Waals surface area contributed by atoms with E-state index in [0.717, 1.165) is 58.1 Å². The second kappa shape index (κ2) is 10.8. The summed E-state index contributed by atoms with van der Waals surface area (Å²) in [6.45, 7) is 4.08. The number of ether oxygens (including phenoxy) is 3. The normalized spacial score (nSPS) is 22.2. The maximum Gasteiger partial charge on any atom is 0.191 e. The van der Waals surface area contributed by atoms with E-state index in [-0.39, 0.29) is 29.6 Å². The molecule has 0 radical (unpaired) electrons. The highest BCUT2D eigenvalue weighted by molar-refractivity contribution is 14.0. The molecule has 1 heterocycles. The van der Waals surface area contributed by atoms with E-state index in [1.54, 1.807) is 14.2 Å². The van der Waals surface area contributed by atoms with Gasteiger partial charge in [0, 0.05) is 67.0 Å². The number of methoxy groups -OCH3 is 2. The van der Waals surface area contributed by atoms with Crippen molar-refractivity contribution in [1.82, 2.24) is 10.6 Å². The molecule has 2 N–H and O–H groups in total. The molecule has 0 spiro atoms. The molecule has 0 aromatic rings. The summed E-state index contributed by atoms with van der Waals surface area (Å²) < 4.78 is 16.5. The molecule has 7 heteroatoms. The Balaban J connectivity index is 0.00000288. The second-order valence-electron chi connectivity index (χ2n) is 6.88. The number of nitrogens with one attached hydrogen (secondary N) is 2. The van der Waals surface area contributed by atoms with E-state index in [0.29, 0.717) is 5.41 Å². The van der Waals surface area contributed by atoms with E-state index in [1.807, 2.05) is 7.05 Å². The zero-order valence-electron chi connectivity index (χ0n) is 15.4. The maximum absolute atomic E-state index is 5.76. The average Bonchev–Trinajstić information content (AvgIpc) is 2.57. The van der Waals surface area contributed by atoms with Crippen LogP contribution in [0.1, 0.15) is 38.5 Å². The Morgan fingerprint density at radius 2 is 1.75 bits per heavy atom. The summed E-state index contributed by atoms with van der Waals surface area (Å²) in [5.41, 5.74) is 0.241. The number of hydrogen-bond donors (Lipinski definition) is 2. The summed E-state index contributed by atoms with van der Waals surface area (Å²) >= 11 is 0. The first-order valence-electron chi connectivity index (χ1n) is 8.74. The number of hydrogen-bond acceptors (Lipinski definition) is 4. The van der Waals surface area contributed by atoms with Crippen LogP contribution in [0.25, 0.3) is 0 Å². The predicted molar refractivity (Wildman–Crippen MR) is 107 cm³/mol. The van der Waals surface area contributed by atoms with Crippen molar-refractivity contribution in [3.05, 3.63) is 0 Å². The molecule has 1 aliphatic carbocycles. The van der Waals surface area contributed by atoms with Gasteiger partial charge < -0.3 is 24.8 Å². The van der Waals surface area contributed by atoms with Crippen LogP contribution in [0.5, 0.6) is 0 Å². The van der Waals surface area contributed by atoms with Crippen molar-refractivity contribution in [2.24, 2.45) is 10.4 Å². The molecule has 2 fully saturated rings. The van der Waals surface area contributed by atoms with Crippen molar-refractivity contribution in [3.63, 3.8) is 0 Å². The molecular formula is C17H34IN3O3. The SMILES string of the molecule is CN=C(NCC1(CCOC)CCC1)NCC1(OC)CCOCC1.I. The van der Waals surface area contributed by atoms with Gasteiger partial charge in [0.15, 0.2) is 5.96 Å². The van der Waals surface area contributed by atoms with Crippen molar-refractivity contribution in [2.45, 2.75) is 44.1 Å². The van der Waals surface area contributed by atoms with Crippen molar-refractivity contribution in [1.29, 1.82) is 0 Å². The van der Waals surface area contributed by atoms with Gasteiger partial charge >= 0.3 is 0 Å². The molecule has 2 rings (SSSR count). The zero-order chi connectivity index (χ0) is 16.6. The van der Waals surface area contributed by atoms with Crippen LogP contribution in [0.15, 0.2) is 4.99 Å². The first kappa shape index (κ1) is 21.9. The molecular weight excluding hydrogens is 421 g/mol. The molecule has 0 aromatic carbocycles. The fraction of sp³-hybridized carbons (Fsp3) is 0.941. The molecule has 2 aliphatic rings. The lowest BCUT2D eigenvalue weighted by molar-refractivity contribution is -0.0855. The minimum absolute atomic E-state index is 0. The monoisotopic (exact) mass is 455 g/mol. The molecule has 0 atom stereocenters. The van der Waals surface area contributed by atoms with Gasteiger partial charge in [0.05, 0.1) is 5.60 Å². The van der Waals surface area contributed by atoms with Gasteiger partial charge in [-0.25, -0.2) is 0 Å². The molecule has 0 amide bonds. The summed E-state index contributed by atoms with van der Waals surface area (Å²) in [5.74, 6) is 0.858. The van der Waals surface area contributed by atoms with Crippen molar-refractivity contribution in [2.75, 3.05) is 54.2 Å². The van der Waals surface area contributed by atoms with E-state index < -0.39 is 0 Å².